The minimum atomic E-state index is -0.421. The molecule has 29 heavy (non-hydrogen) atoms. The number of amides is 1. The first-order valence-corrected chi connectivity index (χ1v) is 9.42. The van der Waals surface area contributed by atoms with E-state index in [9.17, 15) is 4.79 Å². The summed E-state index contributed by atoms with van der Waals surface area (Å²) in [6.45, 7) is 1.35. The Kier molecular flexibility index (Phi) is 9.73. The maximum absolute atomic E-state index is 12.3. The van der Waals surface area contributed by atoms with Gasteiger partial charge in [-0.05, 0) is 35.9 Å². The topological polar surface area (TPSA) is 75.3 Å². The maximum Gasteiger partial charge on any atom is 0.251 e. The Balaban J connectivity index is 1.85. The Labute approximate surface area is 175 Å². The van der Waals surface area contributed by atoms with Crippen LogP contribution in [0.3, 0.4) is 0 Å². The molecule has 0 bridgehead atoms. The molecule has 0 aromatic heterocycles. The van der Waals surface area contributed by atoms with Crippen molar-refractivity contribution in [1.82, 2.24) is 5.32 Å². The van der Waals surface area contributed by atoms with E-state index in [2.05, 4.69) is 5.32 Å². The molecule has 0 aliphatic carbocycles. The van der Waals surface area contributed by atoms with E-state index in [4.69, 9.17) is 35.3 Å². The smallest absolute Gasteiger partial charge is 0.251 e. The Morgan fingerprint density at radius 1 is 1.03 bits per heavy atom. The lowest BCUT2D eigenvalue weighted by atomic mass is 10.2. The summed E-state index contributed by atoms with van der Waals surface area (Å²) in [4.78, 5) is 12.3. The Morgan fingerprint density at radius 3 is 2.41 bits per heavy atom. The van der Waals surface area contributed by atoms with Crippen LogP contribution in [0.4, 0.5) is 0 Å². The first-order valence-electron chi connectivity index (χ1n) is 9.04. The Morgan fingerprint density at radius 2 is 1.76 bits per heavy atom. The molecule has 0 fully saturated rings. The van der Waals surface area contributed by atoms with Crippen LogP contribution < -0.4 is 14.8 Å². The van der Waals surface area contributed by atoms with Crippen LogP contribution in [0.5, 0.6) is 11.5 Å². The predicted molar refractivity (Wildman–Crippen MR) is 110 cm³/mol. The van der Waals surface area contributed by atoms with Crippen molar-refractivity contribution < 1.29 is 28.5 Å². The first kappa shape index (κ1) is 23.0. The van der Waals surface area contributed by atoms with E-state index in [-0.39, 0.29) is 12.5 Å². The second kappa shape index (κ2) is 12.3. The largest absolute Gasteiger partial charge is 0.493 e. The number of hydrogen-bond acceptors (Lipinski definition) is 6. The van der Waals surface area contributed by atoms with Crippen molar-refractivity contribution in [2.75, 3.05) is 41.1 Å². The molecule has 0 saturated heterocycles. The molecule has 0 saturated carbocycles. The average Bonchev–Trinajstić information content (AvgIpc) is 2.75. The highest BCUT2D eigenvalue weighted by atomic mass is 35.5. The number of hydrogen-bond donors (Lipinski definition) is 1. The number of halogens is 1. The van der Waals surface area contributed by atoms with Gasteiger partial charge in [0.15, 0.2) is 17.8 Å². The quantitative estimate of drug-likeness (QED) is 0.417. The molecular weight excluding hydrogens is 398 g/mol. The summed E-state index contributed by atoms with van der Waals surface area (Å²) < 4.78 is 26.6. The molecule has 0 heterocycles. The molecule has 7 nitrogen and oxygen atoms in total. The lowest BCUT2D eigenvalue weighted by Gasteiger charge is -2.14. The van der Waals surface area contributed by atoms with Gasteiger partial charge in [0.05, 0.1) is 20.3 Å². The number of rotatable bonds is 12. The zero-order valence-corrected chi connectivity index (χ0v) is 17.5. The van der Waals surface area contributed by atoms with Gasteiger partial charge in [0.2, 0.25) is 0 Å². The molecule has 1 N–H and O–H groups in total. The van der Waals surface area contributed by atoms with E-state index in [1.54, 1.807) is 30.3 Å². The molecule has 0 aliphatic rings. The number of nitrogens with one attached hydrogen (secondary N) is 1. The normalized spacial score (nSPS) is 10.8. The van der Waals surface area contributed by atoms with Crippen molar-refractivity contribution >= 4 is 17.5 Å². The van der Waals surface area contributed by atoms with Crippen LogP contribution in [-0.2, 0) is 20.8 Å². The van der Waals surface area contributed by atoms with Gasteiger partial charge in [0.1, 0.15) is 6.61 Å². The number of ether oxygens (including phenoxy) is 5. The number of methoxy groups -OCH3 is 3. The SMILES string of the molecule is COc1cc(C(=O)NCCOCC(OC)OC)ccc1OCc1ccc(Cl)cc1. The fourth-order valence-corrected chi connectivity index (χ4v) is 2.55. The predicted octanol–water partition coefficient (Wildman–Crippen LogP) is 3.29. The molecule has 1 amide bonds. The van der Waals surface area contributed by atoms with Crippen LogP contribution in [0.15, 0.2) is 42.5 Å². The zero-order valence-electron chi connectivity index (χ0n) is 16.8. The van der Waals surface area contributed by atoms with Gasteiger partial charge in [-0.25, -0.2) is 0 Å². The standard InChI is InChI=1S/C21H26ClNO6/c1-25-19-12-16(21(24)23-10-11-28-14-20(26-2)27-3)6-9-18(19)29-13-15-4-7-17(22)8-5-15/h4-9,12,20H,10-11,13-14H2,1-3H3,(H,23,24). The molecule has 0 spiro atoms. The van der Waals surface area contributed by atoms with E-state index in [0.29, 0.717) is 41.8 Å². The van der Waals surface area contributed by atoms with Gasteiger partial charge in [-0.1, -0.05) is 23.7 Å². The molecule has 158 valence electrons. The van der Waals surface area contributed by atoms with Crippen molar-refractivity contribution in [2.45, 2.75) is 12.9 Å². The molecule has 0 atom stereocenters. The summed E-state index contributed by atoms with van der Waals surface area (Å²) in [6, 6.07) is 12.4. The Hall–Kier alpha value is -2.32. The first-order chi connectivity index (χ1) is 14.1. The summed E-state index contributed by atoms with van der Waals surface area (Å²) >= 11 is 5.89. The lowest BCUT2D eigenvalue weighted by Crippen LogP contribution is -2.29. The number of carbonyl (C=O) groups is 1. The van der Waals surface area contributed by atoms with E-state index >= 15 is 0 Å². The average molecular weight is 424 g/mol. The Bertz CT molecular complexity index is 764. The van der Waals surface area contributed by atoms with Crippen molar-refractivity contribution in [3.8, 4) is 11.5 Å². The van der Waals surface area contributed by atoms with Crippen molar-refractivity contribution in [3.63, 3.8) is 0 Å². The summed E-state index contributed by atoms with van der Waals surface area (Å²) in [5.74, 6) is 0.796. The van der Waals surface area contributed by atoms with Crippen LogP contribution in [0, 0.1) is 0 Å². The van der Waals surface area contributed by atoms with Crippen molar-refractivity contribution in [2.24, 2.45) is 0 Å². The van der Waals surface area contributed by atoms with Crippen molar-refractivity contribution in [3.05, 3.63) is 58.6 Å². The molecule has 0 radical (unpaired) electrons. The van der Waals surface area contributed by atoms with Crippen LogP contribution >= 0.6 is 11.6 Å². The maximum atomic E-state index is 12.3. The van der Waals surface area contributed by atoms with Gasteiger partial charge in [-0.15, -0.1) is 0 Å². The summed E-state index contributed by atoms with van der Waals surface area (Å²) in [5, 5.41) is 3.46. The summed E-state index contributed by atoms with van der Waals surface area (Å²) in [5.41, 5.74) is 1.44. The third kappa shape index (κ3) is 7.55. The van der Waals surface area contributed by atoms with Gasteiger partial charge in [0.25, 0.3) is 5.91 Å². The van der Waals surface area contributed by atoms with Crippen molar-refractivity contribution in [1.29, 1.82) is 0 Å². The van der Waals surface area contributed by atoms with E-state index in [1.165, 1.54) is 21.3 Å². The van der Waals surface area contributed by atoms with Crippen LogP contribution in [-0.4, -0.2) is 53.3 Å². The van der Waals surface area contributed by atoms with E-state index < -0.39 is 6.29 Å². The second-order valence-electron chi connectivity index (χ2n) is 6.01. The molecule has 2 aromatic rings. The van der Waals surface area contributed by atoms with Crippen LogP contribution in [0.25, 0.3) is 0 Å². The molecule has 0 aliphatic heterocycles. The number of carbonyl (C=O) groups excluding carboxylic acids is 1. The zero-order chi connectivity index (χ0) is 21.1. The highest BCUT2D eigenvalue weighted by molar-refractivity contribution is 6.30. The fourth-order valence-electron chi connectivity index (χ4n) is 2.42. The summed E-state index contributed by atoms with van der Waals surface area (Å²) in [7, 11) is 4.60. The summed E-state index contributed by atoms with van der Waals surface area (Å²) in [6.07, 6.45) is -0.421. The molecule has 2 rings (SSSR count). The van der Waals surface area contributed by atoms with Crippen LogP contribution in [0.1, 0.15) is 15.9 Å². The fraction of sp³-hybridized carbons (Fsp3) is 0.381. The van der Waals surface area contributed by atoms with E-state index in [0.717, 1.165) is 5.56 Å². The van der Waals surface area contributed by atoms with Gasteiger partial charge >= 0.3 is 0 Å². The van der Waals surface area contributed by atoms with Gasteiger partial charge in [0, 0.05) is 31.4 Å². The van der Waals surface area contributed by atoms with Gasteiger partial charge in [-0.2, -0.15) is 0 Å². The van der Waals surface area contributed by atoms with Crippen LogP contribution in [0.2, 0.25) is 5.02 Å². The second-order valence-corrected chi connectivity index (χ2v) is 6.45. The highest BCUT2D eigenvalue weighted by Crippen LogP contribution is 2.29. The monoisotopic (exact) mass is 423 g/mol. The van der Waals surface area contributed by atoms with E-state index in [1.807, 2.05) is 12.1 Å². The highest BCUT2D eigenvalue weighted by Gasteiger charge is 2.12. The van der Waals surface area contributed by atoms with Gasteiger partial charge in [-0.3, -0.25) is 4.79 Å². The molecule has 2 aromatic carbocycles. The van der Waals surface area contributed by atoms with Gasteiger partial charge < -0.3 is 29.0 Å². The molecular formula is C21H26ClNO6. The molecule has 8 heteroatoms. The third-order valence-corrected chi connectivity index (χ3v) is 4.30. The third-order valence-electron chi connectivity index (χ3n) is 4.05. The number of benzene rings is 2. The molecule has 0 unspecified atom stereocenters. The minimum Gasteiger partial charge on any atom is -0.493 e. The minimum absolute atomic E-state index is 0.230. The lowest BCUT2D eigenvalue weighted by molar-refractivity contribution is -0.139.